The molecule has 0 aliphatic heterocycles. The van der Waals surface area contributed by atoms with Gasteiger partial charge in [-0.1, -0.05) is 170 Å². The minimum atomic E-state index is 1.11. The standard InChI is InChI=1S/C48H33N/c1-2-15-39(16-3-1)48-45-21-9-6-14-36(45)28-33-46(48)38-26-31-41(32-27-38)49(47-23-11-18-35-13-5-8-20-44(35)47)40-29-24-37(25-30-40)43-22-10-17-34-12-4-7-19-42(34)43/h1-33H. The van der Waals surface area contributed by atoms with Gasteiger partial charge in [0.25, 0.3) is 0 Å². The molecule has 230 valence electrons. The van der Waals surface area contributed by atoms with E-state index in [1.54, 1.807) is 0 Å². The SMILES string of the molecule is c1ccc(-c2c(-c3ccc(N(c4ccc(-c5cccc6ccccc56)cc4)c4cccc5ccccc45)cc3)ccc3ccccc23)cc1. The minimum Gasteiger partial charge on any atom is -0.310 e. The second-order valence-corrected chi connectivity index (χ2v) is 12.5. The fourth-order valence-electron chi connectivity index (χ4n) is 7.32. The monoisotopic (exact) mass is 623 g/mol. The largest absolute Gasteiger partial charge is 0.310 e. The summed E-state index contributed by atoms with van der Waals surface area (Å²) in [4.78, 5) is 2.39. The second kappa shape index (κ2) is 12.3. The van der Waals surface area contributed by atoms with Crippen LogP contribution in [0.4, 0.5) is 17.1 Å². The highest BCUT2D eigenvalue weighted by Crippen LogP contribution is 2.42. The summed E-state index contributed by atoms with van der Waals surface area (Å²) in [6, 6.07) is 72.4. The Balaban J connectivity index is 1.17. The lowest BCUT2D eigenvalue weighted by Crippen LogP contribution is -2.10. The van der Waals surface area contributed by atoms with Crippen molar-refractivity contribution in [1.82, 2.24) is 0 Å². The van der Waals surface area contributed by atoms with Gasteiger partial charge in [-0.3, -0.25) is 0 Å². The Kier molecular flexibility index (Phi) is 7.22. The molecule has 0 unspecified atom stereocenters. The first-order valence-electron chi connectivity index (χ1n) is 16.9. The summed E-state index contributed by atoms with van der Waals surface area (Å²) < 4.78 is 0. The Labute approximate surface area is 287 Å². The number of hydrogen-bond acceptors (Lipinski definition) is 1. The van der Waals surface area contributed by atoms with Crippen LogP contribution in [0.5, 0.6) is 0 Å². The second-order valence-electron chi connectivity index (χ2n) is 12.5. The zero-order valence-corrected chi connectivity index (χ0v) is 27.0. The average molecular weight is 624 g/mol. The van der Waals surface area contributed by atoms with Crippen LogP contribution in [0.25, 0.3) is 65.7 Å². The summed E-state index contributed by atoms with van der Waals surface area (Å²) in [7, 11) is 0. The number of fused-ring (bicyclic) bond motifs is 3. The van der Waals surface area contributed by atoms with Crippen LogP contribution in [0.15, 0.2) is 200 Å². The van der Waals surface area contributed by atoms with Crippen molar-refractivity contribution in [2.24, 2.45) is 0 Å². The van der Waals surface area contributed by atoms with E-state index in [2.05, 4.69) is 205 Å². The minimum absolute atomic E-state index is 1.11. The number of hydrogen-bond donors (Lipinski definition) is 0. The van der Waals surface area contributed by atoms with E-state index in [0.29, 0.717) is 0 Å². The van der Waals surface area contributed by atoms with Crippen molar-refractivity contribution >= 4 is 49.4 Å². The maximum absolute atomic E-state index is 2.39. The first-order chi connectivity index (χ1) is 24.3. The van der Waals surface area contributed by atoms with E-state index in [0.717, 1.165) is 17.1 Å². The summed E-state index contributed by atoms with van der Waals surface area (Å²) in [5.41, 5.74) is 10.7. The van der Waals surface area contributed by atoms with Crippen molar-refractivity contribution in [3.05, 3.63) is 200 Å². The van der Waals surface area contributed by atoms with Gasteiger partial charge in [0.2, 0.25) is 0 Å². The van der Waals surface area contributed by atoms with Gasteiger partial charge < -0.3 is 4.90 Å². The third-order valence-electron chi connectivity index (χ3n) is 9.66. The Morgan fingerprint density at radius 3 is 1.43 bits per heavy atom. The normalized spacial score (nSPS) is 11.3. The Morgan fingerprint density at radius 1 is 0.265 bits per heavy atom. The molecule has 9 aromatic rings. The van der Waals surface area contributed by atoms with Crippen molar-refractivity contribution < 1.29 is 0 Å². The van der Waals surface area contributed by atoms with E-state index >= 15 is 0 Å². The van der Waals surface area contributed by atoms with Crippen LogP contribution in [-0.2, 0) is 0 Å². The van der Waals surface area contributed by atoms with E-state index in [1.165, 1.54) is 65.7 Å². The maximum atomic E-state index is 2.39. The van der Waals surface area contributed by atoms with Crippen molar-refractivity contribution in [2.75, 3.05) is 4.90 Å². The lowest BCUT2D eigenvalue weighted by atomic mass is 9.90. The molecule has 0 atom stereocenters. The molecule has 0 aromatic heterocycles. The predicted octanol–water partition coefficient (Wildman–Crippen LogP) is 13.6. The molecule has 0 heterocycles. The van der Waals surface area contributed by atoms with Gasteiger partial charge in [-0.15, -0.1) is 0 Å². The molecule has 0 amide bonds. The molecule has 0 aliphatic carbocycles. The van der Waals surface area contributed by atoms with Crippen LogP contribution in [0, 0.1) is 0 Å². The smallest absolute Gasteiger partial charge is 0.0540 e. The molecule has 0 bridgehead atoms. The molecule has 9 aromatic carbocycles. The average Bonchev–Trinajstić information content (AvgIpc) is 3.18. The maximum Gasteiger partial charge on any atom is 0.0540 e. The van der Waals surface area contributed by atoms with Gasteiger partial charge in [-0.05, 0) is 90.6 Å². The topological polar surface area (TPSA) is 3.24 Å². The van der Waals surface area contributed by atoms with Gasteiger partial charge in [-0.25, -0.2) is 0 Å². The van der Waals surface area contributed by atoms with E-state index in [9.17, 15) is 0 Å². The molecule has 49 heavy (non-hydrogen) atoms. The Morgan fingerprint density at radius 2 is 0.755 bits per heavy atom. The van der Waals surface area contributed by atoms with E-state index in [-0.39, 0.29) is 0 Å². The molecule has 1 nitrogen and oxygen atoms in total. The highest BCUT2D eigenvalue weighted by molar-refractivity contribution is 6.05. The van der Waals surface area contributed by atoms with Crippen molar-refractivity contribution in [3.8, 4) is 33.4 Å². The van der Waals surface area contributed by atoms with E-state index in [4.69, 9.17) is 0 Å². The fraction of sp³-hybridized carbons (Fsp3) is 0. The van der Waals surface area contributed by atoms with E-state index in [1.807, 2.05) is 0 Å². The fourth-order valence-corrected chi connectivity index (χ4v) is 7.32. The zero-order chi connectivity index (χ0) is 32.6. The molecule has 0 fully saturated rings. The molecular weight excluding hydrogens is 591 g/mol. The quantitative estimate of drug-likeness (QED) is 0.178. The van der Waals surface area contributed by atoms with E-state index < -0.39 is 0 Å². The highest BCUT2D eigenvalue weighted by atomic mass is 15.1. The number of benzene rings is 9. The number of nitrogens with zero attached hydrogens (tertiary/aromatic N) is 1. The summed E-state index contributed by atoms with van der Waals surface area (Å²) >= 11 is 0. The molecule has 0 spiro atoms. The molecule has 0 radical (unpaired) electrons. The molecule has 9 rings (SSSR count). The van der Waals surface area contributed by atoms with Crippen LogP contribution < -0.4 is 4.90 Å². The van der Waals surface area contributed by atoms with Gasteiger partial charge in [0.15, 0.2) is 0 Å². The molecular formula is C48H33N. The van der Waals surface area contributed by atoms with Crippen LogP contribution in [-0.4, -0.2) is 0 Å². The summed E-state index contributed by atoms with van der Waals surface area (Å²) in [5, 5.41) is 7.46. The Bertz CT molecular complexity index is 2570. The zero-order valence-electron chi connectivity index (χ0n) is 27.0. The predicted molar refractivity (Wildman–Crippen MR) is 210 cm³/mol. The van der Waals surface area contributed by atoms with Crippen molar-refractivity contribution in [1.29, 1.82) is 0 Å². The van der Waals surface area contributed by atoms with Gasteiger partial charge in [0.1, 0.15) is 0 Å². The molecule has 0 saturated carbocycles. The number of rotatable bonds is 6. The lowest BCUT2D eigenvalue weighted by molar-refractivity contribution is 1.30. The third-order valence-corrected chi connectivity index (χ3v) is 9.66. The van der Waals surface area contributed by atoms with Crippen LogP contribution in [0.3, 0.4) is 0 Å². The first-order valence-corrected chi connectivity index (χ1v) is 16.9. The van der Waals surface area contributed by atoms with Gasteiger partial charge >= 0.3 is 0 Å². The summed E-state index contributed by atoms with van der Waals surface area (Å²) in [5.74, 6) is 0. The van der Waals surface area contributed by atoms with Crippen LogP contribution in [0.1, 0.15) is 0 Å². The molecule has 1 heteroatoms. The molecule has 0 aliphatic rings. The Hall–Kier alpha value is -6.44. The van der Waals surface area contributed by atoms with Gasteiger partial charge in [0.05, 0.1) is 5.69 Å². The summed E-state index contributed by atoms with van der Waals surface area (Å²) in [6.45, 7) is 0. The van der Waals surface area contributed by atoms with Gasteiger partial charge in [0, 0.05) is 16.8 Å². The molecule has 0 saturated heterocycles. The van der Waals surface area contributed by atoms with Crippen LogP contribution in [0.2, 0.25) is 0 Å². The first kappa shape index (κ1) is 28.8. The lowest BCUT2D eigenvalue weighted by Gasteiger charge is -2.27. The van der Waals surface area contributed by atoms with Crippen LogP contribution >= 0.6 is 0 Å². The third kappa shape index (κ3) is 5.23. The summed E-state index contributed by atoms with van der Waals surface area (Å²) in [6.07, 6.45) is 0. The van der Waals surface area contributed by atoms with Gasteiger partial charge in [-0.2, -0.15) is 0 Å². The van der Waals surface area contributed by atoms with Crippen molar-refractivity contribution in [2.45, 2.75) is 0 Å². The molecule has 0 N–H and O–H groups in total. The van der Waals surface area contributed by atoms with Crippen molar-refractivity contribution in [3.63, 3.8) is 0 Å². The number of anilines is 3. The highest BCUT2D eigenvalue weighted by Gasteiger charge is 2.17.